The number of hydrogen-bond acceptors (Lipinski definition) is 4. The zero-order valence-electron chi connectivity index (χ0n) is 7.95. The van der Waals surface area contributed by atoms with Gasteiger partial charge in [0.2, 0.25) is 0 Å². The molecular formula is C9H10O5S. The van der Waals surface area contributed by atoms with Crippen LogP contribution in [0, 0.1) is 0 Å². The summed E-state index contributed by atoms with van der Waals surface area (Å²) in [4.78, 5) is 10.8. The number of aliphatic carboxylic acids is 1. The van der Waals surface area contributed by atoms with Crippen LogP contribution in [0.5, 0.6) is 0 Å². The van der Waals surface area contributed by atoms with Gasteiger partial charge in [0.05, 0.1) is 6.26 Å². The Morgan fingerprint density at radius 1 is 1.33 bits per heavy atom. The molecule has 6 heteroatoms. The Kier molecular flexibility index (Phi) is 3.43. The van der Waals surface area contributed by atoms with Gasteiger partial charge in [0, 0.05) is 0 Å². The Morgan fingerprint density at radius 2 is 1.87 bits per heavy atom. The van der Waals surface area contributed by atoms with E-state index in [9.17, 15) is 13.2 Å². The molecule has 5 nitrogen and oxygen atoms in total. The zero-order chi connectivity index (χ0) is 11.5. The summed E-state index contributed by atoms with van der Waals surface area (Å²) in [5, 5.41) is 8.80. The molecule has 0 amide bonds. The third-order valence-corrected chi connectivity index (χ3v) is 2.14. The Balaban J connectivity index is 3.00. The summed E-state index contributed by atoms with van der Waals surface area (Å²) in [5.74, 6) is -1.34. The third kappa shape index (κ3) is 3.69. The van der Waals surface area contributed by atoms with E-state index in [4.69, 9.17) is 5.11 Å². The lowest BCUT2D eigenvalue weighted by Gasteiger charge is -2.11. The fourth-order valence-corrected chi connectivity index (χ4v) is 1.58. The van der Waals surface area contributed by atoms with Gasteiger partial charge in [0.15, 0.2) is 6.10 Å². The molecule has 0 radical (unpaired) electrons. The van der Waals surface area contributed by atoms with Crippen LogP contribution in [0.3, 0.4) is 0 Å². The second kappa shape index (κ2) is 4.41. The van der Waals surface area contributed by atoms with Crippen molar-refractivity contribution in [2.24, 2.45) is 0 Å². The Bertz CT molecular complexity index is 437. The third-order valence-electron chi connectivity index (χ3n) is 1.60. The average molecular weight is 230 g/mol. The maximum Gasteiger partial charge on any atom is 0.339 e. The minimum Gasteiger partial charge on any atom is -0.479 e. The average Bonchev–Trinajstić information content (AvgIpc) is 2.14. The smallest absolute Gasteiger partial charge is 0.339 e. The minimum absolute atomic E-state index is 0.287. The van der Waals surface area contributed by atoms with E-state index in [-0.39, 0.29) is 5.56 Å². The minimum atomic E-state index is -3.80. The Labute approximate surface area is 87.4 Å². The van der Waals surface area contributed by atoms with E-state index in [1.807, 2.05) is 0 Å². The van der Waals surface area contributed by atoms with Gasteiger partial charge in [-0.15, -0.1) is 0 Å². The number of carbonyl (C=O) groups is 1. The van der Waals surface area contributed by atoms with E-state index < -0.39 is 22.2 Å². The lowest BCUT2D eigenvalue weighted by Crippen LogP contribution is -2.18. The highest BCUT2D eigenvalue weighted by Gasteiger charge is 2.24. The highest BCUT2D eigenvalue weighted by Crippen LogP contribution is 2.19. The second-order valence-electron chi connectivity index (χ2n) is 2.93. The Hall–Kier alpha value is -1.40. The molecule has 0 spiro atoms. The molecular weight excluding hydrogens is 220 g/mol. The van der Waals surface area contributed by atoms with Crippen molar-refractivity contribution >= 4 is 16.1 Å². The molecule has 0 saturated carbocycles. The van der Waals surface area contributed by atoms with Crippen LogP contribution in [-0.2, 0) is 19.1 Å². The first-order valence-electron chi connectivity index (χ1n) is 4.06. The molecule has 0 aliphatic rings. The summed E-state index contributed by atoms with van der Waals surface area (Å²) in [6.45, 7) is 0. The number of benzene rings is 1. The molecule has 0 heterocycles. The van der Waals surface area contributed by atoms with Crippen molar-refractivity contribution in [2.75, 3.05) is 6.26 Å². The molecule has 1 aromatic rings. The van der Waals surface area contributed by atoms with E-state index in [0.29, 0.717) is 0 Å². The van der Waals surface area contributed by atoms with Crippen LogP contribution in [0.2, 0.25) is 0 Å². The van der Waals surface area contributed by atoms with Gasteiger partial charge in [-0.3, -0.25) is 4.18 Å². The number of carboxylic acid groups (broad SMARTS) is 1. The predicted octanol–water partition coefficient (Wildman–Crippen LogP) is 0.788. The van der Waals surface area contributed by atoms with Crippen LogP contribution in [0.4, 0.5) is 0 Å². The summed E-state index contributed by atoms with van der Waals surface area (Å²) in [7, 11) is -3.80. The first kappa shape index (κ1) is 11.7. The van der Waals surface area contributed by atoms with Gasteiger partial charge in [0.1, 0.15) is 0 Å². The molecule has 1 rings (SSSR count). The summed E-state index contributed by atoms with van der Waals surface area (Å²) < 4.78 is 26.1. The van der Waals surface area contributed by atoms with Gasteiger partial charge in [-0.25, -0.2) is 4.79 Å². The van der Waals surface area contributed by atoms with Crippen molar-refractivity contribution in [3.8, 4) is 0 Å². The van der Waals surface area contributed by atoms with E-state index in [0.717, 1.165) is 6.26 Å². The molecule has 1 atom stereocenters. The quantitative estimate of drug-likeness (QED) is 0.773. The fraction of sp³-hybridized carbons (Fsp3) is 0.222. The maximum atomic E-state index is 10.8. The van der Waals surface area contributed by atoms with Gasteiger partial charge in [0.25, 0.3) is 10.1 Å². The summed E-state index contributed by atoms with van der Waals surface area (Å²) in [5.41, 5.74) is 0.287. The van der Waals surface area contributed by atoms with E-state index in [2.05, 4.69) is 4.18 Å². The van der Waals surface area contributed by atoms with Crippen LogP contribution >= 0.6 is 0 Å². The van der Waals surface area contributed by atoms with Gasteiger partial charge < -0.3 is 5.11 Å². The molecule has 0 bridgehead atoms. The van der Waals surface area contributed by atoms with Crippen molar-refractivity contribution in [1.82, 2.24) is 0 Å². The molecule has 0 aliphatic heterocycles. The first-order valence-corrected chi connectivity index (χ1v) is 5.88. The largest absolute Gasteiger partial charge is 0.479 e. The van der Waals surface area contributed by atoms with Crippen LogP contribution in [-0.4, -0.2) is 25.7 Å². The number of hydrogen-bond donors (Lipinski definition) is 1. The number of carboxylic acids is 1. The Morgan fingerprint density at radius 3 is 2.27 bits per heavy atom. The van der Waals surface area contributed by atoms with Gasteiger partial charge in [-0.05, 0) is 5.56 Å². The van der Waals surface area contributed by atoms with Gasteiger partial charge in [-0.2, -0.15) is 8.42 Å². The molecule has 15 heavy (non-hydrogen) atoms. The monoisotopic (exact) mass is 230 g/mol. The summed E-state index contributed by atoms with van der Waals surface area (Å²) >= 11 is 0. The topological polar surface area (TPSA) is 80.7 Å². The highest BCUT2D eigenvalue weighted by molar-refractivity contribution is 7.86. The molecule has 0 fully saturated rings. The number of rotatable bonds is 4. The predicted molar refractivity (Wildman–Crippen MR) is 52.7 cm³/mol. The fourth-order valence-electron chi connectivity index (χ4n) is 1.04. The SMILES string of the molecule is CS(=O)(=O)O[C@@H](C(=O)O)c1ccccc1. The first-order chi connectivity index (χ1) is 6.90. The molecule has 1 aromatic carbocycles. The van der Waals surface area contributed by atoms with Crippen molar-refractivity contribution in [3.05, 3.63) is 35.9 Å². The molecule has 1 N–H and O–H groups in total. The molecule has 0 unspecified atom stereocenters. The highest BCUT2D eigenvalue weighted by atomic mass is 32.2. The molecule has 0 aromatic heterocycles. The molecule has 0 aliphatic carbocycles. The second-order valence-corrected chi connectivity index (χ2v) is 4.53. The standard InChI is InChI=1S/C9H10O5S/c1-15(12,13)14-8(9(10)11)7-5-3-2-4-6-7/h2-6,8H,1H3,(H,10,11)/t8-/m1/s1. The van der Waals surface area contributed by atoms with Crippen LogP contribution < -0.4 is 0 Å². The van der Waals surface area contributed by atoms with Crippen LogP contribution in [0.15, 0.2) is 30.3 Å². The molecule has 82 valence electrons. The van der Waals surface area contributed by atoms with Crippen molar-refractivity contribution in [2.45, 2.75) is 6.10 Å². The summed E-state index contributed by atoms with van der Waals surface area (Å²) in [6.07, 6.45) is -0.674. The lowest BCUT2D eigenvalue weighted by atomic mass is 10.1. The van der Waals surface area contributed by atoms with Crippen LogP contribution in [0.25, 0.3) is 0 Å². The normalized spacial score (nSPS) is 13.4. The van der Waals surface area contributed by atoms with Crippen molar-refractivity contribution < 1.29 is 22.5 Å². The zero-order valence-corrected chi connectivity index (χ0v) is 8.77. The van der Waals surface area contributed by atoms with Crippen molar-refractivity contribution in [1.29, 1.82) is 0 Å². The van der Waals surface area contributed by atoms with E-state index >= 15 is 0 Å². The van der Waals surface area contributed by atoms with E-state index in [1.165, 1.54) is 12.1 Å². The summed E-state index contributed by atoms with van der Waals surface area (Å²) in [6, 6.07) is 7.89. The van der Waals surface area contributed by atoms with Crippen LogP contribution in [0.1, 0.15) is 11.7 Å². The van der Waals surface area contributed by atoms with Gasteiger partial charge in [-0.1, -0.05) is 30.3 Å². The van der Waals surface area contributed by atoms with Gasteiger partial charge >= 0.3 is 5.97 Å². The molecule has 0 saturated heterocycles. The van der Waals surface area contributed by atoms with E-state index in [1.54, 1.807) is 18.2 Å². The van der Waals surface area contributed by atoms with Crippen molar-refractivity contribution in [3.63, 3.8) is 0 Å². The maximum absolute atomic E-state index is 10.8. The lowest BCUT2D eigenvalue weighted by molar-refractivity contribution is -0.145.